The van der Waals surface area contributed by atoms with Crippen LogP contribution in [0.1, 0.15) is 24.7 Å². The summed E-state index contributed by atoms with van der Waals surface area (Å²) in [6.45, 7) is 1.02. The van der Waals surface area contributed by atoms with E-state index in [1.54, 1.807) is 5.38 Å². The van der Waals surface area contributed by atoms with Gasteiger partial charge in [0.1, 0.15) is 0 Å². The van der Waals surface area contributed by atoms with Crippen molar-refractivity contribution in [3.8, 4) is 11.6 Å². The van der Waals surface area contributed by atoms with Gasteiger partial charge in [-0.2, -0.15) is 4.98 Å². The van der Waals surface area contributed by atoms with Crippen molar-refractivity contribution in [2.45, 2.75) is 18.9 Å². The van der Waals surface area contributed by atoms with E-state index < -0.39 is 0 Å². The van der Waals surface area contributed by atoms with Crippen molar-refractivity contribution in [2.75, 3.05) is 6.54 Å². The van der Waals surface area contributed by atoms with Crippen LogP contribution in [-0.2, 0) is 0 Å². The summed E-state index contributed by atoms with van der Waals surface area (Å²) in [6, 6.07) is 0.231. The second kappa shape index (κ2) is 3.67. The number of hydrogen-bond donors (Lipinski definition) is 1. The van der Waals surface area contributed by atoms with Crippen LogP contribution >= 0.6 is 11.5 Å². The monoisotopic (exact) mass is 223 g/mol. The van der Waals surface area contributed by atoms with Gasteiger partial charge in [-0.25, -0.2) is 0 Å². The molecule has 1 unspecified atom stereocenters. The highest BCUT2D eigenvalue weighted by Crippen LogP contribution is 2.23. The Morgan fingerprint density at radius 1 is 1.53 bits per heavy atom. The molecule has 1 N–H and O–H groups in total. The highest BCUT2D eigenvalue weighted by molar-refractivity contribution is 7.03. The molecule has 7 heteroatoms. The first kappa shape index (κ1) is 8.93. The topological polar surface area (TPSA) is 76.7 Å². The Hall–Kier alpha value is -1.34. The lowest BCUT2D eigenvalue weighted by atomic mass is 10.2. The zero-order chi connectivity index (χ0) is 10.1. The van der Waals surface area contributed by atoms with Crippen molar-refractivity contribution in [2.24, 2.45) is 0 Å². The fourth-order valence-corrected chi connectivity index (χ4v) is 2.07. The molecule has 0 spiro atoms. The molecule has 1 atom stereocenters. The first-order valence-corrected chi connectivity index (χ1v) is 5.61. The van der Waals surface area contributed by atoms with Crippen LogP contribution in [-0.4, -0.2) is 26.3 Å². The van der Waals surface area contributed by atoms with Gasteiger partial charge >= 0.3 is 0 Å². The third-order valence-corrected chi connectivity index (χ3v) is 2.90. The Morgan fingerprint density at radius 3 is 3.27 bits per heavy atom. The minimum atomic E-state index is 0.231. The van der Waals surface area contributed by atoms with Gasteiger partial charge < -0.3 is 9.84 Å². The van der Waals surface area contributed by atoms with Gasteiger partial charge in [0.15, 0.2) is 11.5 Å². The van der Waals surface area contributed by atoms with Crippen molar-refractivity contribution in [3.63, 3.8) is 0 Å². The van der Waals surface area contributed by atoms with E-state index in [1.807, 2.05) is 0 Å². The lowest BCUT2D eigenvalue weighted by molar-refractivity contribution is 0.411. The number of hydrogen-bond acceptors (Lipinski definition) is 7. The maximum Gasteiger partial charge on any atom is 0.279 e. The van der Waals surface area contributed by atoms with Gasteiger partial charge in [0.2, 0.25) is 0 Å². The molecule has 15 heavy (non-hydrogen) atoms. The van der Waals surface area contributed by atoms with Crippen LogP contribution in [0.3, 0.4) is 0 Å². The molecule has 0 amide bonds. The maximum absolute atomic E-state index is 5.12. The van der Waals surface area contributed by atoms with Gasteiger partial charge in [-0.1, -0.05) is 9.64 Å². The van der Waals surface area contributed by atoms with Gasteiger partial charge in [-0.3, -0.25) is 0 Å². The van der Waals surface area contributed by atoms with Crippen molar-refractivity contribution in [1.29, 1.82) is 0 Å². The second-order valence-electron chi connectivity index (χ2n) is 3.40. The van der Waals surface area contributed by atoms with E-state index in [9.17, 15) is 0 Å². The molecule has 3 rings (SSSR count). The van der Waals surface area contributed by atoms with Gasteiger partial charge in [0.05, 0.1) is 6.04 Å². The Kier molecular flexibility index (Phi) is 2.18. The number of nitrogens with zero attached hydrogens (tertiary/aromatic N) is 4. The average molecular weight is 223 g/mol. The van der Waals surface area contributed by atoms with E-state index in [0.717, 1.165) is 25.2 Å². The van der Waals surface area contributed by atoms with E-state index in [0.29, 0.717) is 11.6 Å². The zero-order valence-corrected chi connectivity index (χ0v) is 8.70. The lowest BCUT2D eigenvalue weighted by Gasteiger charge is -2.01. The summed E-state index contributed by atoms with van der Waals surface area (Å²) in [5.74, 6) is 1.17. The van der Waals surface area contributed by atoms with Crippen molar-refractivity contribution in [3.05, 3.63) is 11.2 Å². The molecule has 1 fully saturated rings. The number of rotatable bonds is 2. The smallest absolute Gasteiger partial charge is 0.279 e. The Labute approximate surface area is 89.9 Å². The first-order chi connectivity index (χ1) is 7.43. The highest BCUT2D eigenvalue weighted by Gasteiger charge is 2.22. The van der Waals surface area contributed by atoms with Crippen LogP contribution in [0.5, 0.6) is 0 Å². The summed E-state index contributed by atoms with van der Waals surface area (Å²) < 4.78 is 8.88. The number of aromatic nitrogens is 4. The maximum atomic E-state index is 5.12. The molecule has 0 aliphatic carbocycles. The van der Waals surface area contributed by atoms with E-state index >= 15 is 0 Å². The summed E-state index contributed by atoms with van der Waals surface area (Å²) in [5.41, 5.74) is 0.650. The molecular formula is C8H9N5OS. The molecule has 0 radical (unpaired) electrons. The molecule has 2 aromatic heterocycles. The molecule has 0 aromatic carbocycles. The van der Waals surface area contributed by atoms with Gasteiger partial charge in [-0.05, 0) is 30.9 Å². The molecular weight excluding hydrogens is 214 g/mol. The highest BCUT2D eigenvalue weighted by atomic mass is 32.1. The molecule has 6 nitrogen and oxygen atoms in total. The summed E-state index contributed by atoms with van der Waals surface area (Å²) in [6.07, 6.45) is 2.22. The number of nitrogens with one attached hydrogen (secondary N) is 1. The quantitative estimate of drug-likeness (QED) is 0.818. The van der Waals surface area contributed by atoms with Crippen LogP contribution in [0.25, 0.3) is 11.6 Å². The summed E-state index contributed by atoms with van der Waals surface area (Å²) in [5, 5.41) is 12.9. The molecule has 1 aliphatic heterocycles. The van der Waals surface area contributed by atoms with Crippen LogP contribution < -0.4 is 5.32 Å². The molecule has 2 aromatic rings. The molecule has 1 saturated heterocycles. The van der Waals surface area contributed by atoms with Crippen LogP contribution in [0, 0.1) is 0 Å². The Balaban J connectivity index is 1.87. The standard InChI is InChI=1S/C8H9N5OS/c1-2-5(9-3-1)7-10-8(14-12-7)6-4-15-13-11-6/h4-5,9H,1-3H2. The van der Waals surface area contributed by atoms with Crippen molar-refractivity contribution in [1.82, 2.24) is 25.0 Å². The normalized spacial score (nSPS) is 20.9. The molecule has 1 aliphatic rings. The Morgan fingerprint density at radius 2 is 2.53 bits per heavy atom. The SMILES string of the molecule is c1snnc1-c1nc(C2CCCN2)no1. The average Bonchev–Trinajstić information content (AvgIpc) is 3.02. The van der Waals surface area contributed by atoms with E-state index in [1.165, 1.54) is 11.5 Å². The van der Waals surface area contributed by atoms with Gasteiger partial charge in [-0.15, -0.1) is 5.10 Å². The molecule has 0 saturated carbocycles. The minimum absolute atomic E-state index is 0.231. The van der Waals surface area contributed by atoms with Gasteiger partial charge in [0, 0.05) is 5.38 Å². The second-order valence-corrected chi connectivity index (χ2v) is 4.01. The molecule has 3 heterocycles. The van der Waals surface area contributed by atoms with Crippen LogP contribution in [0.15, 0.2) is 9.90 Å². The van der Waals surface area contributed by atoms with E-state index in [2.05, 4.69) is 25.0 Å². The zero-order valence-electron chi connectivity index (χ0n) is 7.88. The summed E-state index contributed by atoms with van der Waals surface area (Å²) in [7, 11) is 0. The third kappa shape index (κ3) is 1.64. The third-order valence-electron chi connectivity index (χ3n) is 2.39. The Bertz CT molecular complexity index is 434. The van der Waals surface area contributed by atoms with Crippen LogP contribution in [0.4, 0.5) is 0 Å². The minimum Gasteiger partial charge on any atom is -0.332 e. The predicted molar refractivity (Wildman–Crippen MR) is 53.2 cm³/mol. The molecule has 78 valence electrons. The predicted octanol–water partition coefficient (Wildman–Crippen LogP) is 1.01. The van der Waals surface area contributed by atoms with E-state index in [4.69, 9.17) is 4.52 Å². The summed E-state index contributed by atoms with van der Waals surface area (Å²) in [4.78, 5) is 4.30. The largest absolute Gasteiger partial charge is 0.332 e. The lowest BCUT2D eigenvalue weighted by Crippen LogP contribution is -2.14. The fraction of sp³-hybridized carbons (Fsp3) is 0.500. The fourth-order valence-electron chi connectivity index (χ4n) is 1.64. The first-order valence-electron chi connectivity index (χ1n) is 4.78. The van der Waals surface area contributed by atoms with Crippen molar-refractivity contribution < 1.29 is 4.52 Å². The van der Waals surface area contributed by atoms with Gasteiger partial charge in [0.25, 0.3) is 5.89 Å². The van der Waals surface area contributed by atoms with Crippen molar-refractivity contribution >= 4 is 11.5 Å². The van der Waals surface area contributed by atoms with Crippen LogP contribution in [0.2, 0.25) is 0 Å². The van der Waals surface area contributed by atoms with E-state index in [-0.39, 0.29) is 6.04 Å². The molecule has 0 bridgehead atoms. The summed E-state index contributed by atoms with van der Waals surface area (Å²) >= 11 is 1.27.